The van der Waals surface area contributed by atoms with Gasteiger partial charge in [0, 0.05) is 38.4 Å². The normalized spacial score (nSPS) is 15.8. The molecule has 3 nitrogen and oxygen atoms in total. The summed E-state index contributed by atoms with van der Waals surface area (Å²) in [7, 11) is 0. The molecule has 0 aromatic heterocycles. The number of piperazine rings is 1. The summed E-state index contributed by atoms with van der Waals surface area (Å²) in [5.41, 5.74) is 2.49. The second-order valence-corrected chi connectivity index (χ2v) is 6.46. The van der Waals surface area contributed by atoms with Crippen molar-refractivity contribution < 1.29 is 5.11 Å². The first kappa shape index (κ1) is 15.0. The maximum atomic E-state index is 9.59. The van der Waals surface area contributed by atoms with Crippen LogP contribution in [-0.2, 0) is 6.54 Å². The number of fused-ring (bicyclic) bond motifs is 1. The monoisotopic (exact) mass is 318 g/mol. The van der Waals surface area contributed by atoms with Crippen LogP contribution >= 0.6 is 0 Å². The highest BCUT2D eigenvalue weighted by atomic mass is 16.3. The number of phenols is 1. The first-order chi connectivity index (χ1) is 11.8. The fraction of sp³-hybridized carbons (Fsp3) is 0.238. The van der Waals surface area contributed by atoms with E-state index < -0.39 is 0 Å². The smallest absolute Gasteiger partial charge is 0.115 e. The minimum absolute atomic E-state index is 0.349. The van der Waals surface area contributed by atoms with E-state index in [-0.39, 0.29) is 0 Å². The molecule has 0 unspecified atom stereocenters. The van der Waals surface area contributed by atoms with Crippen LogP contribution in [-0.4, -0.2) is 36.2 Å². The second-order valence-electron chi connectivity index (χ2n) is 6.46. The van der Waals surface area contributed by atoms with Gasteiger partial charge in [0.15, 0.2) is 0 Å². The van der Waals surface area contributed by atoms with Crippen LogP contribution in [0, 0.1) is 0 Å². The van der Waals surface area contributed by atoms with Gasteiger partial charge in [0.1, 0.15) is 5.75 Å². The molecule has 1 N–H and O–H groups in total. The molecule has 0 saturated carbocycles. The highest BCUT2D eigenvalue weighted by Gasteiger charge is 2.17. The molecule has 1 heterocycles. The SMILES string of the molecule is Oc1cccc(CN2CCN(c3ccc4ccccc4c3)CC2)c1. The number of aromatic hydroxyl groups is 1. The van der Waals surface area contributed by atoms with Gasteiger partial charge >= 0.3 is 0 Å². The van der Waals surface area contributed by atoms with E-state index in [1.807, 2.05) is 12.1 Å². The van der Waals surface area contributed by atoms with Crippen molar-refractivity contribution in [1.29, 1.82) is 0 Å². The molecule has 0 spiro atoms. The van der Waals surface area contributed by atoms with Crippen LogP contribution in [0.3, 0.4) is 0 Å². The molecule has 1 aliphatic heterocycles. The van der Waals surface area contributed by atoms with Gasteiger partial charge in [-0.3, -0.25) is 4.90 Å². The van der Waals surface area contributed by atoms with Crippen molar-refractivity contribution in [2.75, 3.05) is 31.1 Å². The Kier molecular flexibility index (Phi) is 4.09. The van der Waals surface area contributed by atoms with Crippen LogP contribution in [0.2, 0.25) is 0 Å². The number of hydrogen-bond donors (Lipinski definition) is 1. The predicted molar refractivity (Wildman–Crippen MR) is 99.5 cm³/mol. The summed E-state index contributed by atoms with van der Waals surface area (Å²) in [6.45, 7) is 5.07. The molecule has 0 atom stereocenters. The molecule has 24 heavy (non-hydrogen) atoms. The van der Waals surface area contributed by atoms with Crippen LogP contribution < -0.4 is 4.90 Å². The van der Waals surface area contributed by atoms with Gasteiger partial charge in [-0.05, 0) is 40.6 Å². The van der Waals surface area contributed by atoms with Gasteiger partial charge < -0.3 is 10.0 Å². The first-order valence-electron chi connectivity index (χ1n) is 8.52. The molecular formula is C21H22N2O. The highest BCUT2D eigenvalue weighted by molar-refractivity contribution is 5.85. The Balaban J connectivity index is 1.41. The first-order valence-corrected chi connectivity index (χ1v) is 8.52. The van der Waals surface area contributed by atoms with E-state index in [1.54, 1.807) is 6.07 Å². The summed E-state index contributed by atoms with van der Waals surface area (Å²) in [4.78, 5) is 4.91. The highest BCUT2D eigenvalue weighted by Crippen LogP contribution is 2.23. The molecular weight excluding hydrogens is 296 g/mol. The summed E-state index contributed by atoms with van der Waals surface area (Å²) in [5, 5.41) is 12.2. The Bertz CT molecular complexity index is 838. The lowest BCUT2D eigenvalue weighted by Gasteiger charge is -2.36. The summed E-state index contributed by atoms with van der Waals surface area (Å²) >= 11 is 0. The van der Waals surface area contributed by atoms with Crippen molar-refractivity contribution in [3.8, 4) is 5.75 Å². The maximum Gasteiger partial charge on any atom is 0.115 e. The third kappa shape index (κ3) is 3.22. The molecule has 1 aliphatic rings. The van der Waals surface area contributed by atoms with Crippen molar-refractivity contribution >= 4 is 16.5 Å². The van der Waals surface area contributed by atoms with Crippen LogP contribution in [0.4, 0.5) is 5.69 Å². The molecule has 0 aliphatic carbocycles. The summed E-state index contributed by atoms with van der Waals surface area (Å²) < 4.78 is 0. The topological polar surface area (TPSA) is 26.7 Å². The molecule has 0 radical (unpaired) electrons. The van der Waals surface area contributed by atoms with Crippen molar-refractivity contribution in [2.45, 2.75) is 6.54 Å². The maximum absolute atomic E-state index is 9.59. The van der Waals surface area contributed by atoms with Crippen molar-refractivity contribution in [2.24, 2.45) is 0 Å². The Hall–Kier alpha value is -2.52. The van der Waals surface area contributed by atoms with Crippen molar-refractivity contribution in [3.05, 3.63) is 72.3 Å². The number of nitrogens with zero attached hydrogens (tertiary/aromatic N) is 2. The lowest BCUT2D eigenvalue weighted by atomic mass is 10.1. The quantitative estimate of drug-likeness (QED) is 0.794. The van der Waals surface area contributed by atoms with Crippen LogP contribution in [0.5, 0.6) is 5.75 Å². The van der Waals surface area contributed by atoms with Gasteiger partial charge in [-0.1, -0.05) is 42.5 Å². The number of rotatable bonds is 3. The van der Waals surface area contributed by atoms with Crippen LogP contribution in [0.25, 0.3) is 10.8 Å². The van der Waals surface area contributed by atoms with Crippen molar-refractivity contribution in [3.63, 3.8) is 0 Å². The number of benzene rings is 3. The minimum atomic E-state index is 0.349. The fourth-order valence-corrected chi connectivity index (χ4v) is 3.45. The van der Waals surface area contributed by atoms with Crippen LogP contribution in [0.15, 0.2) is 66.7 Å². The Morgan fingerprint density at radius 2 is 1.54 bits per heavy atom. The Labute approximate surface area is 142 Å². The zero-order chi connectivity index (χ0) is 16.4. The number of hydrogen-bond acceptors (Lipinski definition) is 3. The molecule has 0 amide bonds. The molecule has 1 fully saturated rings. The molecule has 3 aromatic carbocycles. The van der Waals surface area contributed by atoms with E-state index in [0.717, 1.165) is 32.7 Å². The van der Waals surface area contributed by atoms with Gasteiger partial charge in [0.05, 0.1) is 0 Å². The molecule has 3 aromatic rings. The molecule has 1 saturated heterocycles. The fourth-order valence-electron chi connectivity index (χ4n) is 3.45. The van der Waals surface area contributed by atoms with Gasteiger partial charge in [-0.2, -0.15) is 0 Å². The average Bonchev–Trinajstić information content (AvgIpc) is 2.62. The largest absolute Gasteiger partial charge is 0.508 e. The molecule has 0 bridgehead atoms. The number of phenolic OH excluding ortho intramolecular Hbond substituents is 1. The third-order valence-electron chi connectivity index (χ3n) is 4.79. The zero-order valence-electron chi connectivity index (χ0n) is 13.7. The van der Waals surface area contributed by atoms with E-state index in [4.69, 9.17) is 0 Å². The summed E-state index contributed by atoms with van der Waals surface area (Å²) in [6.07, 6.45) is 0. The third-order valence-corrected chi connectivity index (χ3v) is 4.79. The van der Waals surface area contributed by atoms with Gasteiger partial charge in [0.25, 0.3) is 0 Å². The van der Waals surface area contributed by atoms with E-state index >= 15 is 0 Å². The van der Waals surface area contributed by atoms with Gasteiger partial charge in [-0.25, -0.2) is 0 Å². The van der Waals surface area contributed by atoms with Crippen molar-refractivity contribution in [1.82, 2.24) is 4.90 Å². The lowest BCUT2D eigenvalue weighted by molar-refractivity contribution is 0.249. The summed E-state index contributed by atoms with van der Waals surface area (Å²) in [6, 6.07) is 22.8. The van der Waals surface area contributed by atoms with E-state index in [2.05, 4.69) is 58.3 Å². The average molecular weight is 318 g/mol. The Morgan fingerprint density at radius 1 is 0.750 bits per heavy atom. The number of anilines is 1. The Morgan fingerprint density at radius 3 is 2.33 bits per heavy atom. The minimum Gasteiger partial charge on any atom is -0.508 e. The second kappa shape index (κ2) is 6.54. The van der Waals surface area contributed by atoms with Gasteiger partial charge in [-0.15, -0.1) is 0 Å². The zero-order valence-corrected chi connectivity index (χ0v) is 13.7. The van der Waals surface area contributed by atoms with Crippen LogP contribution in [0.1, 0.15) is 5.56 Å². The van der Waals surface area contributed by atoms with E-state index in [9.17, 15) is 5.11 Å². The standard InChI is InChI=1S/C21H22N2O/c24-21-7-3-4-17(14-21)16-22-10-12-23(13-11-22)20-9-8-18-5-1-2-6-19(18)15-20/h1-9,14-15,24H,10-13,16H2. The lowest BCUT2D eigenvalue weighted by Crippen LogP contribution is -2.45. The van der Waals surface area contributed by atoms with E-state index in [1.165, 1.54) is 22.0 Å². The molecule has 122 valence electrons. The van der Waals surface area contributed by atoms with Gasteiger partial charge in [0.2, 0.25) is 0 Å². The van der Waals surface area contributed by atoms with E-state index in [0.29, 0.717) is 5.75 Å². The molecule has 3 heteroatoms. The predicted octanol–water partition coefficient (Wildman–Crippen LogP) is 3.87. The summed E-state index contributed by atoms with van der Waals surface area (Å²) in [5.74, 6) is 0.349. The molecule has 4 rings (SSSR count).